The third kappa shape index (κ3) is 3.33. The maximum atomic E-state index is 11.6. The SMILES string of the molecule is CCC=CCCC(C)C1=C(C)CCC1=O. The molecule has 0 amide bonds. The number of hydrogen-bond acceptors (Lipinski definition) is 1. The molecule has 0 aromatic carbocycles. The van der Waals surface area contributed by atoms with Gasteiger partial charge >= 0.3 is 0 Å². The van der Waals surface area contributed by atoms with E-state index in [1.165, 1.54) is 5.57 Å². The van der Waals surface area contributed by atoms with Crippen LogP contribution in [0.1, 0.15) is 52.9 Å². The van der Waals surface area contributed by atoms with E-state index >= 15 is 0 Å². The molecular formula is C14H22O. The molecule has 0 aromatic heterocycles. The minimum Gasteiger partial charge on any atom is -0.295 e. The molecule has 0 fully saturated rings. The van der Waals surface area contributed by atoms with E-state index in [-0.39, 0.29) is 0 Å². The number of carbonyl (C=O) groups excluding carboxylic acids is 1. The van der Waals surface area contributed by atoms with E-state index in [1.54, 1.807) is 0 Å². The highest BCUT2D eigenvalue weighted by Gasteiger charge is 2.23. The Morgan fingerprint density at radius 3 is 2.60 bits per heavy atom. The Kier molecular flexibility index (Phi) is 4.80. The molecule has 15 heavy (non-hydrogen) atoms. The van der Waals surface area contributed by atoms with Gasteiger partial charge < -0.3 is 0 Å². The van der Waals surface area contributed by atoms with E-state index in [0.29, 0.717) is 11.7 Å². The standard InChI is InChI=1S/C14H22O/c1-4-5-6-7-8-11(2)14-12(3)9-10-13(14)15/h5-6,11H,4,7-10H2,1-3H3. The van der Waals surface area contributed by atoms with E-state index in [9.17, 15) is 4.79 Å². The Balaban J connectivity index is 2.46. The zero-order valence-corrected chi connectivity index (χ0v) is 10.2. The summed E-state index contributed by atoms with van der Waals surface area (Å²) in [6, 6.07) is 0. The Labute approximate surface area is 93.3 Å². The highest BCUT2D eigenvalue weighted by Crippen LogP contribution is 2.30. The van der Waals surface area contributed by atoms with Crippen LogP contribution in [0.3, 0.4) is 0 Å². The van der Waals surface area contributed by atoms with Crippen LogP contribution in [0.5, 0.6) is 0 Å². The topological polar surface area (TPSA) is 17.1 Å². The van der Waals surface area contributed by atoms with Crippen molar-refractivity contribution in [2.45, 2.75) is 52.9 Å². The Hall–Kier alpha value is -0.850. The largest absolute Gasteiger partial charge is 0.295 e. The van der Waals surface area contributed by atoms with Gasteiger partial charge in [0.15, 0.2) is 5.78 Å². The van der Waals surface area contributed by atoms with Crippen LogP contribution in [-0.2, 0) is 4.79 Å². The highest BCUT2D eigenvalue weighted by atomic mass is 16.1. The number of rotatable bonds is 5. The second-order valence-electron chi connectivity index (χ2n) is 4.48. The zero-order valence-electron chi connectivity index (χ0n) is 10.2. The Morgan fingerprint density at radius 2 is 2.07 bits per heavy atom. The molecular weight excluding hydrogens is 184 g/mol. The first-order chi connectivity index (χ1) is 7.16. The fourth-order valence-electron chi connectivity index (χ4n) is 2.28. The predicted octanol–water partition coefficient (Wildman–Crippen LogP) is 4.05. The van der Waals surface area contributed by atoms with Crippen LogP contribution in [0, 0.1) is 5.92 Å². The van der Waals surface area contributed by atoms with Gasteiger partial charge in [0.05, 0.1) is 0 Å². The molecule has 1 unspecified atom stereocenters. The van der Waals surface area contributed by atoms with E-state index in [0.717, 1.165) is 37.7 Å². The number of hydrogen-bond donors (Lipinski definition) is 0. The molecule has 1 aliphatic rings. The summed E-state index contributed by atoms with van der Waals surface area (Å²) >= 11 is 0. The summed E-state index contributed by atoms with van der Waals surface area (Å²) in [5.74, 6) is 0.834. The van der Waals surface area contributed by atoms with Crippen molar-refractivity contribution in [3.8, 4) is 0 Å². The summed E-state index contributed by atoms with van der Waals surface area (Å²) in [7, 11) is 0. The molecule has 0 N–H and O–H groups in total. The van der Waals surface area contributed by atoms with Gasteiger partial charge in [-0.25, -0.2) is 0 Å². The van der Waals surface area contributed by atoms with E-state index in [2.05, 4.69) is 32.9 Å². The van der Waals surface area contributed by atoms with Gasteiger partial charge in [-0.1, -0.05) is 31.6 Å². The second kappa shape index (κ2) is 5.89. The van der Waals surface area contributed by atoms with Crippen LogP contribution in [0.2, 0.25) is 0 Å². The highest BCUT2D eigenvalue weighted by molar-refractivity contribution is 5.98. The van der Waals surface area contributed by atoms with Gasteiger partial charge in [-0.2, -0.15) is 0 Å². The van der Waals surface area contributed by atoms with Crippen LogP contribution in [0.4, 0.5) is 0 Å². The molecule has 0 saturated carbocycles. The third-order valence-electron chi connectivity index (χ3n) is 3.15. The van der Waals surface area contributed by atoms with Crippen LogP contribution in [0.25, 0.3) is 0 Å². The van der Waals surface area contributed by atoms with Crippen LogP contribution in [0.15, 0.2) is 23.3 Å². The van der Waals surface area contributed by atoms with Crippen molar-refractivity contribution in [3.05, 3.63) is 23.3 Å². The number of ketones is 1. The van der Waals surface area contributed by atoms with Crippen molar-refractivity contribution in [2.75, 3.05) is 0 Å². The first-order valence-electron chi connectivity index (χ1n) is 6.04. The van der Waals surface area contributed by atoms with Crippen molar-refractivity contribution in [1.82, 2.24) is 0 Å². The summed E-state index contributed by atoms with van der Waals surface area (Å²) in [6.45, 7) is 6.44. The molecule has 1 heteroatoms. The predicted molar refractivity (Wildman–Crippen MR) is 64.8 cm³/mol. The minimum absolute atomic E-state index is 0.388. The first kappa shape index (κ1) is 12.2. The summed E-state index contributed by atoms with van der Waals surface area (Å²) in [6.07, 6.45) is 9.47. The fraction of sp³-hybridized carbons (Fsp3) is 0.643. The van der Waals surface area contributed by atoms with Gasteiger partial charge in [-0.3, -0.25) is 4.79 Å². The van der Waals surface area contributed by atoms with Gasteiger partial charge in [-0.15, -0.1) is 0 Å². The average Bonchev–Trinajstić information content (AvgIpc) is 2.53. The maximum absolute atomic E-state index is 11.6. The lowest BCUT2D eigenvalue weighted by Crippen LogP contribution is -2.06. The van der Waals surface area contributed by atoms with Crippen molar-refractivity contribution < 1.29 is 4.79 Å². The first-order valence-corrected chi connectivity index (χ1v) is 6.04. The van der Waals surface area contributed by atoms with Crippen LogP contribution < -0.4 is 0 Å². The summed E-state index contributed by atoms with van der Waals surface area (Å²) in [4.78, 5) is 11.6. The second-order valence-corrected chi connectivity index (χ2v) is 4.48. The molecule has 1 nitrogen and oxygen atoms in total. The zero-order chi connectivity index (χ0) is 11.3. The van der Waals surface area contributed by atoms with Crippen LogP contribution >= 0.6 is 0 Å². The van der Waals surface area contributed by atoms with E-state index in [4.69, 9.17) is 0 Å². The minimum atomic E-state index is 0.388. The van der Waals surface area contributed by atoms with Gasteiger partial charge in [0, 0.05) is 6.42 Å². The van der Waals surface area contributed by atoms with Gasteiger partial charge in [0.1, 0.15) is 0 Å². The third-order valence-corrected chi connectivity index (χ3v) is 3.15. The summed E-state index contributed by atoms with van der Waals surface area (Å²) < 4.78 is 0. The lowest BCUT2D eigenvalue weighted by atomic mass is 9.92. The van der Waals surface area contributed by atoms with Gasteiger partial charge in [0.2, 0.25) is 0 Å². The lowest BCUT2D eigenvalue weighted by molar-refractivity contribution is -0.115. The molecule has 1 aliphatic carbocycles. The maximum Gasteiger partial charge on any atom is 0.159 e. The molecule has 0 heterocycles. The molecule has 84 valence electrons. The van der Waals surface area contributed by atoms with Crippen molar-refractivity contribution >= 4 is 5.78 Å². The molecule has 0 radical (unpaired) electrons. The fourth-order valence-corrected chi connectivity index (χ4v) is 2.28. The van der Waals surface area contributed by atoms with Crippen molar-refractivity contribution in [2.24, 2.45) is 5.92 Å². The molecule has 0 saturated heterocycles. The van der Waals surface area contributed by atoms with E-state index in [1.807, 2.05) is 0 Å². The summed E-state index contributed by atoms with van der Waals surface area (Å²) in [5, 5.41) is 0. The molecule has 0 bridgehead atoms. The number of carbonyl (C=O) groups is 1. The quantitative estimate of drug-likeness (QED) is 0.620. The number of allylic oxidation sites excluding steroid dienone is 4. The smallest absolute Gasteiger partial charge is 0.159 e. The Bertz CT molecular complexity index is 284. The molecule has 1 atom stereocenters. The molecule has 0 spiro atoms. The lowest BCUT2D eigenvalue weighted by Gasteiger charge is -2.11. The van der Waals surface area contributed by atoms with E-state index < -0.39 is 0 Å². The monoisotopic (exact) mass is 206 g/mol. The molecule has 0 aliphatic heterocycles. The van der Waals surface area contributed by atoms with Crippen LogP contribution in [-0.4, -0.2) is 5.78 Å². The number of Topliss-reactive ketones (excluding diaryl/α,β-unsaturated/α-hetero) is 1. The van der Waals surface area contributed by atoms with Crippen molar-refractivity contribution in [3.63, 3.8) is 0 Å². The molecule has 0 aromatic rings. The molecule has 1 rings (SSSR count). The van der Waals surface area contributed by atoms with Gasteiger partial charge in [-0.05, 0) is 44.1 Å². The normalized spacial score (nSPS) is 19.3. The Morgan fingerprint density at radius 1 is 1.33 bits per heavy atom. The average molecular weight is 206 g/mol. The van der Waals surface area contributed by atoms with Crippen molar-refractivity contribution in [1.29, 1.82) is 0 Å². The summed E-state index contributed by atoms with van der Waals surface area (Å²) in [5.41, 5.74) is 2.45. The van der Waals surface area contributed by atoms with Gasteiger partial charge in [0.25, 0.3) is 0 Å².